The van der Waals surface area contributed by atoms with E-state index < -0.39 is 0 Å². The zero-order chi connectivity index (χ0) is 29.3. The van der Waals surface area contributed by atoms with Gasteiger partial charge in [0.1, 0.15) is 11.0 Å². The number of aromatic nitrogens is 2. The molecule has 1 unspecified atom stereocenters. The Balaban J connectivity index is 1.26. The lowest BCUT2D eigenvalue weighted by Gasteiger charge is -2.28. The second-order valence-corrected chi connectivity index (χ2v) is 11.6. The summed E-state index contributed by atoms with van der Waals surface area (Å²) < 4.78 is 12.5. The van der Waals surface area contributed by atoms with Crippen LogP contribution in [0, 0.1) is 0 Å². The lowest BCUT2D eigenvalue weighted by atomic mass is 9.74. The Hall–Kier alpha value is -5.74. The number of benzene rings is 6. The van der Waals surface area contributed by atoms with E-state index in [0.717, 1.165) is 44.5 Å². The van der Waals surface area contributed by atoms with Gasteiger partial charge in [-0.1, -0.05) is 91.0 Å². The molecule has 0 N–H and O–H groups in total. The first-order valence-corrected chi connectivity index (χ1v) is 14.8. The Morgan fingerprint density at radius 3 is 1.66 bits per heavy atom. The number of nitrogens with zero attached hydrogens (tertiary/aromatic N) is 2. The van der Waals surface area contributed by atoms with Crippen molar-refractivity contribution >= 4 is 22.2 Å². The summed E-state index contributed by atoms with van der Waals surface area (Å²) in [5.74, 6) is 1.13. The van der Waals surface area contributed by atoms with Gasteiger partial charge in [-0.25, -0.2) is 9.97 Å². The normalized spacial score (nSPS) is 15.5. The van der Waals surface area contributed by atoms with Crippen LogP contribution in [-0.2, 0) is 5.41 Å². The zero-order valence-electron chi connectivity index (χ0n) is 24.0. The van der Waals surface area contributed by atoms with Crippen molar-refractivity contribution in [2.45, 2.75) is 12.3 Å². The SMILES string of the molecule is CC1(c2ccccc2)c2ccccc2-c2ccc(-c3cc(-c4nc5ccccc5o4)cc(-c4nc5ccccc5o4)c3)cc21. The average molecular weight is 567 g/mol. The Labute approximate surface area is 254 Å². The van der Waals surface area contributed by atoms with E-state index in [-0.39, 0.29) is 5.41 Å². The van der Waals surface area contributed by atoms with E-state index in [2.05, 4.69) is 97.9 Å². The van der Waals surface area contributed by atoms with Gasteiger partial charge in [-0.05, 0) is 94.4 Å². The molecule has 2 heterocycles. The van der Waals surface area contributed by atoms with E-state index in [4.69, 9.17) is 18.8 Å². The molecule has 44 heavy (non-hydrogen) atoms. The van der Waals surface area contributed by atoms with Crippen molar-refractivity contribution in [3.63, 3.8) is 0 Å². The molecule has 9 rings (SSSR count). The first-order valence-electron chi connectivity index (χ1n) is 14.8. The van der Waals surface area contributed by atoms with Gasteiger partial charge in [0.25, 0.3) is 0 Å². The van der Waals surface area contributed by atoms with Gasteiger partial charge in [-0.15, -0.1) is 0 Å². The summed E-state index contributed by atoms with van der Waals surface area (Å²) in [5, 5.41) is 0. The van der Waals surface area contributed by atoms with Crippen molar-refractivity contribution in [1.29, 1.82) is 0 Å². The Morgan fingerprint density at radius 1 is 0.455 bits per heavy atom. The van der Waals surface area contributed by atoms with Crippen molar-refractivity contribution in [2.75, 3.05) is 0 Å². The van der Waals surface area contributed by atoms with Gasteiger partial charge < -0.3 is 8.83 Å². The molecule has 0 amide bonds. The van der Waals surface area contributed by atoms with Crippen LogP contribution in [0.5, 0.6) is 0 Å². The fraction of sp³-hybridized carbons (Fsp3) is 0.0500. The molecule has 1 atom stereocenters. The molecule has 6 aromatic carbocycles. The van der Waals surface area contributed by atoms with Gasteiger partial charge in [0, 0.05) is 16.5 Å². The molecular weight excluding hydrogens is 540 g/mol. The van der Waals surface area contributed by atoms with Crippen LogP contribution in [-0.4, -0.2) is 9.97 Å². The summed E-state index contributed by atoms with van der Waals surface area (Å²) in [7, 11) is 0. The molecule has 4 nitrogen and oxygen atoms in total. The maximum absolute atomic E-state index is 6.24. The van der Waals surface area contributed by atoms with Gasteiger partial charge in [0.15, 0.2) is 11.2 Å². The summed E-state index contributed by atoms with van der Waals surface area (Å²) in [5.41, 5.74) is 13.2. The highest BCUT2D eigenvalue weighted by Gasteiger charge is 2.40. The standard InChI is InChI=1S/C40H26N2O2/c1-40(29-11-3-2-4-12-29)32-14-6-5-13-30(32)31-20-19-25(24-33(31)40)26-21-27(38-41-34-15-7-9-17-36(34)43-38)23-28(22-26)39-42-35-16-8-10-18-37(35)44-39/h2-24H,1H3. The average Bonchev–Trinajstić information content (AvgIpc) is 3.79. The minimum atomic E-state index is -0.287. The van der Waals surface area contributed by atoms with Crippen LogP contribution < -0.4 is 0 Å². The molecule has 0 aliphatic heterocycles. The van der Waals surface area contributed by atoms with Crippen molar-refractivity contribution < 1.29 is 8.83 Å². The lowest BCUT2D eigenvalue weighted by Crippen LogP contribution is -2.22. The smallest absolute Gasteiger partial charge is 0.227 e. The summed E-state index contributed by atoms with van der Waals surface area (Å²) in [6.07, 6.45) is 0. The van der Waals surface area contributed by atoms with Crippen molar-refractivity contribution in [3.05, 3.63) is 156 Å². The minimum absolute atomic E-state index is 0.287. The molecule has 1 aliphatic carbocycles. The molecule has 208 valence electrons. The first kappa shape index (κ1) is 24.8. The van der Waals surface area contributed by atoms with Gasteiger partial charge in [-0.2, -0.15) is 0 Å². The van der Waals surface area contributed by atoms with Crippen molar-refractivity contribution in [2.24, 2.45) is 0 Å². The fourth-order valence-electron chi connectivity index (χ4n) is 6.79. The van der Waals surface area contributed by atoms with Crippen LogP contribution in [0.15, 0.2) is 148 Å². The molecule has 0 saturated carbocycles. The van der Waals surface area contributed by atoms with Gasteiger partial charge in [0.2, 0.25) is 11.8 Å². The third-order valence-corrected chi connectivity index (χ3v) is 9.01. The monoisotopic (exact) mass is 566 g/mol. The largest absolute Gasteiger partial charge is 0.436 e. The molecule has 2 aromatic heterocycles. The predicted molar refractivity (Wildman–Crippen MR) is 175 cm³/mol. The quantitative estimate of drug-likeness (QED) is 0.213. The molecule has 1 aliphatic rings. The Bertz CT molecular complexity index is 2210. The van der Waals surface area contributed by atoms with E-state index in [9.17, 15) is 0 Å². The molecule has 8 aromatic rings. The molecule has 0 fully saturated rings. The van der Waals surface area contributed by atoms with Crippen LogP contribution >= 0.6 is 0 Å². The molecule has 0 bridgehead atoms. The minimum Gasteiger partial charge on any atom is -0.436 e. The van der Waals surface area contributed by atoms with Crippen LogP contribution in [0.1, 0.15) is 23.6 Å². The van der Waals surface area contributed by atoms with E-state index in [1.165, 1.54) is 27.8 Å². The number of rotatable bonds is 4. The highest BCUT2D eigenvalue weighted by molar-refractivity contribution is 5.88. The maximum Gasteiger partial charge on any atom is 0.227 e. The van der Waals surface area contributed by atoms with Crippen molar-refractivity contribution in [1.82, 2.24) is 9.97 Å². The molecule has 0 radical (unpaired) electrons. The van der Waals surface area contributed by atoms with Crippen LogP contribution in [0.3, 0.4) is 0 Å². The molecule has 4 heteroatoms. The predicted octanol–water partition coefficient (Wildman–Crippen LogP) is 10.3. The lowest BCUT2D eigenvalue weighted by molar-refractivity contribution is 0.617. The molecular formula is C40H26N2O2. The zero-order valence-corrected chi connectivity index (χ0v) is 24.0. The number of oxazole rings is 2. The Morgan fingerprint density at radius 2 is 1.00 bits per heavy atom. The van der Waals surface area contributed by atoms with Gasteiger partial charge in [0.05, 0.1) is 0 Å². The van der Waals surface area contributed by atoms with Crippen LogP contribution in [0.2, 0.25) is 0 Å². The molecule has 0 saturated heterocycles. The maximum atomic E-state index is 6.24. The first-order chi connectivity index (χ1) is 21.6. The van der Waals surface area contributed by atoms with Crippen LogP contribution in [0.4, 0.5) is 0 Å². The summed E-state index contributed by atoms with van der Waals surface area (Å²) in [4.78, 5) is 9.65. The number of hydrogen-bond donors (Lipinski definition) is 0. The van der Waals surface area contributed by atoms with E-state index in [1.54, 1.807) is 0 Å². The summed E-state index contributed by atoms with van der Waals surface area (Å²) >= 11 is 0. The second-order valence-electron chi connectivity index (χ2n) is 11.6. The second kappa shape index (κ2) is 9.38. The Kier molecular flexibility index (Phi) is 5.29. The van der Waals surface area contributed by atoms with E-state index >= 15 is 0 Å². The van der Waals surface area contributed by atoms with E-state index in [0.29, 0.717) is 11.8 Å². The topological polar surface area (TPSA) is 52.1 Å². The van der Waals surface area contributed by atoms with E-state index in [1.807, 2.05) is 48.5 Å². The third-order valence-electron chi connectivity index (χ3n) is 9.01. The van der Waals surface area contributed by atoms with Gasteiger partial charge in [-0.3, -0.25) is 0 Å². The molecule has 0 spiro atoms. The van der Waals surface area contributed by atoms with Crippen molar-refractivity contribution in [3.8, 4) is 45.2 Å². The number of hydrogen-bond acceptors (Lipinski definition) is 4. The third kappa shape index (κ3) is 3.71. The fourth-order valence-corrected chi connectivity index (χ4v) is 6.79. The number of fused-ring (bicyclic) bond motifs is 5. The number of para-hydroxylation sites is 4. The highest BCUT2D eigenvalue weighted by Crippen LogP contribution is 2.53. The van der Waals surface area contributed by atoms with Crippen LogP contribution in [0.25, 0.3) is 67.4 Å². The highest BCUT2D eigenvalue weighted by atomic mass is 16.4. The summed E-state index contributed by atoms with van der Waals surface area (Å²) in [6.45, 7) is 2.34. The van der Waals surface area contributed by atoms with Gasteiger partial charge >= 0.3 is 0 Å². The summed E-state index contributed by atoms with van der Waals surface area (Å²) in [6, 6.07) is 48.5.